The normalized spacial score (nSPS) is 15.2. The molecule has 1 saturated carbocycles. The van der Waals surface area contributed by atoms with E-state index in [9.17, 15) is 4.79 Å². The average Bonchev–Trinajstić information content (AvgIpc) is 3.12. The Morgan fingerprint density at radius 1 is 1.25 bits per heavy atom. The van der Waals surface area contributed by atoms with E-state index >= 15 is 0 Å². The first-order valence-electron chi connectivity index (χ1n) is 5.19. The SMILES string of the molecule is C=CC1(C(=O)O)CC1.C=Cc1ccccc1. The molecule has 0 spiro atoms. The molecule has 1 aromatic rings. The highest BCUT2D eigenvalue weighted by Gasteiger charge is 2.47. The van der Waals surface area contributed by atoms with Gasteiger partial charge in [-0.25, -0.2) is 0 Å². The summed E-state index contributed by atoms with van der Waals surface area (Å²) in [6.07, 6.45) is 4.90. The Balaban J connectivity index is 0.000000160. The standard InChI is InChI=1S/C8H8.C6H8O2/c1-2-8-6-4-3-5-7-8;1-2-6(3-4-6)5(7)8/h2-7H,1H2;2H,1,3-4H2,(H,7,8). The van der Waals surface area contributed by atoms with Gasteiger partial charge in [0.15, 0.2) is 0 Å². The van der Waals surface area contributed by atoms with E-state index < -0.39 is 11.4 Å². The van der Waals surface area contributed by atoms with Crippen LogP contribution in [0.25, 0.3) is 6.08 Å². The lowest BCUT2D eigenvalue weighted by molar-refractivity contribution is -0.141. The van der Waals surface area contributed by atoms with Gasteiger partial charge in [-0.1, -0.05) is 49.1 Å². The Morgan fingerprint density at radius 2 is 1.81 bits per heavy atom. The van der Waals surface area contributed by atoms with Gasteiger partial charge in [0.05, 0.1) is 5.41 Å². The number of carboxylic acid groups (broad SMARTS) is 1. The van der Waals surface area contributed by atoms with E-state index in [1.54, 1.807) is 0 Å². The highest BCUT2D eigenvalue weighted by Crippen LogP contribution is 2.46. The van der Waals surface area contributed by atoms with Crippen LogP contribution in [0.2, 0.25) is 0 Å². The Morgan fingerprint density at radius 3 is 2.00 bits per heavy atom. The molecule has 1 N–H and O–H groups in total. The van der Waals surface area contributed by atoms with Crippen LogP contribution in [0.15, 0.2) is 49.6 Å². The van der Waals surface area contributed by atoms with Gasteiger partial charge in [-0.2, -0.15) is 0 Å². The van der Waals surface area contributed by atoms with Gasteiger partial charge in [0.25, 0.3) is 0 Å². The van der Waals surface area contributed by atoms with Crippen molar-refractivity contribution >= 4 is 12.0 Å². The minimum Gasteiger partial charge on any atom is -0.481 e. The van der Waals surface area contributed by atoms with E-state index in [0.717, 1.165) is 12.8 Å². The van der Waals surface area contributed by atoms with E-state index in [-0.39, 0.29) is 0 Å². The predicted molar refractivity (Wildman–Crippen MR) is 66.0 cm³/mol. The van der Waals surface area contributed by atoms with Gasteiger partial charge >= 0.3 is 5.97 Å². The van der Waals surface area contributed by atoms with Crippen molar-refractivity contribution in [3.05, 3.63) is 55.1 Å². The third-order valence-electron chi connectivity index (χ3n) is 2.64. The minimum atomic E-state index is -0.729. The van der Waals surface area contributed by atoms with Crippen molar-refractivity contribution in [2.24, 2.45) is 5.41 Å². The number of benzene rings is 1. The molecule has 16 heavy (non-hydrogen) atoms. The third kappa shape index (κ3) is 3.09. The van der Waals surface area contributed by atoms with Crippen molar-refractivity contribution in [2.75, 3.05) is 0 Å². The molecule has 0 atom stereocenters. The highest BCUT2D eigenvalue weighted by molar-refractivity contribution is 5.80. The molecule has 1 aliphatic carbocycles. The molecule has 0 unspecified atom stereocenters. The molecule has 84 valence electrons. The zero-order chi connectivity index (χ0) is 12.0. The van der Waals surface area contributed by atoms with Crippen LogP contribution in [0.4, 0.5) is 0 Å². The molecule has 0 saturated heterocycles. The van der Waals surface area contributed by atoms with Crippen LogP contribution in [0.1, 0.15) is 18.4 Å². The summed E-state index contributed by atoms with van der Waals surface area (Å²) >= 11 is 0. The number of hydrogen-bond donors (Lipinski definition) is 1. The quantitative estimate of drug-likeness (QED) is 0.786. The second kappa shape index (κ2) is 5.31. The van der Waals surface area contributed by atoms with Crippen LogP contribution < -0.4 is 0 Å². The molecule has 2 rings (SSSR count). The molecule has 2 heteroatoms. The van der Waals surface area contributed by atoms with E-state index in [2.05, 4.69) is 13.2 Å². The molecule has 2 nitrogen and oxygen atoms in total. The number of carboxylic acids is 1. The molecule has 0 radical (unpaired) electrons. The topological polar surface area (TPSA) is 37.3 Å². The molecule has 0 bridgehead atoms. The van der Waals surface area contributed by atoms with Crippen molar-refractivity contribution < 1.29 is 9.90 Å². The van der Waals surface area contributed by atoms with Crippen LogP contribution in [-0.4, -0.2) is 11.1 Å². The predicted octanol–water partition coefficient (Wildman–Crippen LogP) is 3.37. The molecule has 0 aromatic heterocycles. The lowest BCUT2D eigenvalue weighted by atomic mass is 10.1. The van der Waals surface area contributed by atoms with Crippen LogP contribution >= 0.6 is 0 Å². The Hall–Kier alpha value is -1.83. The maximum atomic E-state index is 10.2. The van der Waals surface area contributed by atoms with E-state index in [1.807, 2.05) is 36.4 Å². The van der Waals surface area contributed by atoms with E-state index in [4.69, 9.17) is 5.11 Å². The van der Waals surface area contributed by atoms with Crippen molar-refractivity contribution in [2.45, 2.75) is 12.8 Å². The largest absolute Gasteiger partial charge is 0.481 e. The zero-order valence-corrected chi connectivity index (χ0v) is 9.23. The lowest BCUT2D eigenvalue weighted by Crippen LogP contribution is -2.10. The second-order valence-electron chi connectivity index (χ2n) is 3.78. The summed E-state index contributed by atoms with van der Waals surface area (Å²) in [5.74, 6) is -0.729. The van der Waals surface area contributed by atoms with Gasteiger partial charge in [-0.15, -0.1) is 6.58 Å². The Bertz CT molecular complexity index is 375. The first-order chi connectivity index (χ1) is 7.64. The first-order valence-corrected chi connectivity index (χ1v) is 5.19. The smallest absolute Gasteiger partial charge is 0.313 e. The molecule has 1 aromatic carbocycles. The molecule has 0 aliphatic heterocycles. The fraction of sp³-hybridized carbons (Fsp3) is 0.214. The van der Waals surface area contributed by atoms with Gasteiger partial charge in [0.2, 0.25) is 0 Å². The fourth-order valence-electron chi connectivity index (χ4n) is 1.23. The molecular weight excluding hydrogens is 200 g/mol. The summed E-state index contributed by atoms with van der Waals surface area (Å²) in [5.41, 5.74) is 0.646. The second-order valence-corrected chi connectivity index (χ2v) is 3.78. The van der Waals surface area contributed by atoms with Crippen LogP contribution in [-0.2, 0) is 4.79 Å². The van der Waals surface area contributed by atoms with Gasteiger partial charge in [0.1, 0.15) is 0 Å². The lowest BCUT2D eigenvalue weighted by Gasteiger charge is -1.97. The van der Waals surface area contributed by atoms with Gasteiger partial charge in [0, 0.05) is 0 Å². The average molecular weight is 216 g/mol. The number of aliphatic carboxylic acids is 1. The maximum absolute atomic E-state index is 10.2. The molecule has 1 aliphatic rings. The monoisotopic (exact) mass is 216 g/mol. The summed E-state index contributed by atoms with van der Waals surface area (Å²) in [6.45, 7) is 7.07. The molecule has 1 fully saturated rings. The summed E-state index contributed by atoms with van der Waals surface area (Å²) < 4.78 is 0. The first kappa shape index (κ1) is 12.2. The van der Waals surface area contributed by atoms with Crippen molar-refractivity contribution in [3.63, 3.8) is 0 Å². The molecule has 0 amide bonds. The van der Waals surface area contributed by atoms with Gasteiger partial charge in [-0.05, 0) is 18.4 Å². The van der Waals surface area contributed by atoms with Gasteiger partial charge in [-0.3, -0.25) is 4.79 Å². The van der Waals surface area contributed by atoms with E-state index in [0.29, 0.717) is 0 Å². The number of hydrogen-bond acceptors (Lipinski definition) is 1. The summed E-state index contributed by atoms with van der Waals surface area (Å²) in [6, 6.07) is 10.0. The van der Waals surface area contributed by atoms with E-state index in [1.165, 1.54) is 11.6 Å². The fourth-order valence-corrected chi connectivity index (χ4v) is 1.23. The molecular formula is C14H16O2. The van der Waals surface area contributed by atoms with Crippen molar-refractivity contribution in [1.82, 2.24) is 0 Å². The maximum Gasteiger partial charge on any atom is 0.313 e. The summed E-state index contributed by atoms with van der Waals surface area (Å²) in [7, 11) is 0. The van der Waals surface area contributed by atoms with Crippen LogP contribution in [0, 0.1) is 5.41 Å². The minimum absolute atomic E-state index is 0.528. The molecule has 0 heterocycles. The van der Waals surface area contributed by atoms with Crippen LogP contribution in [0.3, 0.4) is 0 Å². The van der Waals surface area contributed by atoms with Crippen LogP contribution in [0.5, 0.6) is 0 Å². The highest BCUT2D eigenvalue weighted by atomic mass is 16.4. The van der Waals surface area contributed by atoms with Crippen molar-refractivity contribution in [1.29, 1.82) is 0 Å². The number of carbonyl (C=O) groups is 1. The zero-order valence-electron chi connectivity index (χ0n) is 9.23. The summed E-state index contributed by atoms with van der Waals surface area (Å²) in [5, 5.41) is 8.43. The van der Waals surface area contributed by atoms with Gasteiger partial charge < -0.3 is 5.11 Å². The summed E-state index contributed by atoms with van der Waals surface area (Å²) in [4.78, 5) is 10.2. The Labute approximate surface area is 95.9 Å². The third-order valence-corrected chi connectivity index (χ3v) is 2.64. The Kier molecular flexibility index (Phi) is 4.06. The number of rotatable bonds is 3. The van der Waals surface area contributed by atoms with Crippen molar-refractivity contribution in [3.8, 4) is 0 Å².